The van der Waals surface area contributed by atoms with Crippen LogP contribution in [0.4, 0.5) is 0 Å². The molecule has 3 rings (SSSR count). The summed E-state index contributed by atoms with van der Waals surface area (Å²) in [5, 5.41) is 3.02. The van der Waals surface area contributed by atoms with Gasteiger partial charge in [0, 0.05) is 6.54 Å². The van der Waals surface area contributed by atoms with Crippen LogP contribution in [0.2, 0.25) is 0 Å². The van der Waals surface area contributed by atoms with E-state index in [4.69, 9.17) is 4.42 Å². The van der Waals surface area contributed by atoms with Crippen LogP contribution in [-0.4, -0.2) is 29.3 Å². The van der Waals surface area contributed by atoms with Crippen molar-refractivity contribution in [3.05, 3.63) is 59.5 Å². The number of amides is 2. The summed E-state index contributed by atoms with van der Waals surface area (Å²) in [6.07, 6.45) is 2.97. The van der Waals surface area contributed by atoms with Gasteiger partial charge in [-0.15, -0.1) is 0 Å². The molecule has 0 saturated carbocycles. The van der Waals surface area contributed by atoms with E-state index >= 15 is 0 Å². The fourth-order valence-electron chi connectivity index (χ4n) is 3.07. The molecule has 5 nitrogen and oxygen atoms in total. The lowest BCUT2D eigenvalue weighted by atomic mass is 10.1. The number of nitrogens with one attached hydrogen (secondary N) is 1. The zero-order valence-corrected chi connectivity index (χ0v) is 14.0. The van der Waals surface area contributed by atoms with Gasteiger partial charge < -0.3 is 14.6 Å². The number of benzene rings is 1. The number of hydrogen-bond donors (Lipinski definition) is 1. The number of furan rings is 1. The topological polar surface area (TPSA) is 62.6 Å². The maximum atomic E-state index is 12.6. The molecule has 1 aliphatic heterocycles. The Morgan fingerprint density at radius 1 is 1.25 bits per heavy atom. The largest absolute Gasteiger partial charge is 0.459 e. The third kappa shape index (κ3) is 3.35. The molecule has 0 spiro atoms. The van der Waals surface area contributed by atoms with Gasteiger partial charge in [-0.25, -0.2) is 0 Å². The summed E-state index contributed by atoms with van der Waals surface area (Å²) in [5.41, 5.74) is 2.24. The summed E-state index contributed by atoms with van der Waals surface area (Å²) in [4.78, 5) is 26.7. The van der Waals surface area contributed by atoms with Gasteiger partial charge >= 0.3 is 0 Å². The van der Waals surface area contributed by atoms with E-state index in [2.05, 4.69) is 5.32 Å². The molecule has 2 atom stereocenters. The third-order valence-electron chi connectivity index (χ3n) is 4.48. The Hall–Kier alpha value is -2.56. The highest BCUT2D eigenvalue weighted by Crippen LogP contribution is 2.22. The summed E-state index contributed by atoms with van der Waals surface area (Å²) in [7, 11) is 0. The Labute approximate surface area is 141 Å². The number of rotatable bonds is 4. The van der Waals surface area contributed by atoms with E-state index in [-0.39, 0.29) is 23.6 Å². The normalized spacial score (nSPS) is 18.4. The smallest absolute Gasteiger partial charge is 0.290 e. The lowest BCUT2D eigenvalue weighted by Gasteiger charge is -2.25. The summed E-state index contributed by atoms with van der Waals surface area (Å²) >= 11 is 0. The average molecular weight is 326 g/mol. The van der Waals surface area contributed by atoms with Gasteiger partial charge in [-0.1, -0.05) is 29.8 Å². The number of hydrogen-bond acceptors (Lipinski definition) is 3. The van der Waals surface area contributed by atoms with Crippen molar-refractivity contribution in [3.63, 3.8) is 0 Å². The quantitative estimate of drug-likeness (QED) is 0.939. The second-order valence-corrected chi connectivity index (χ2v) is 6.27. The molecular weight excluding hydrogens is 304 g/mol. The van der Waals surface area contributed by atoms with Crippen LogP contribution in [0.25, 0.3) is 0 Å². The highest BCUT2D eigenvalue weighted by molar-refractivity contribution is 5.96. The first kappa shape index (κ1) is 16.3. The molecule has 1 aliphatic rings. The summed E-state index contributed by atoms with van der Waals surface area (Å²) in [5.74, 6) is -0.0533. The monoisotopic (exact) mass is 326 g/mol. The van der Waals surface area contributed by atoms with E-state index in [1.165, 1.54) is 11.8 Å². The zero-order valence-electron chi connectivity index (χ0n) is 14.0. The first-order chi connectivity index (χ1) is 11.6. The molecule has 2 aromatic rings. The molecule has 0 radical (unpaired) electrons. The summed E-state index contributed by atoms with van der Waals surface area (Å²) in [6, 6.07) is 10.9. The van der Waals surface area contributed by atoms with Crippen LogP contribution in [0.5, 0.6) is 0 Å². The summed E-state index contributed by atoms with van der Waals surface area (Å²) in [6.45, 7) is 4.57. The van der Waals surface area contributed by atoms with Crippen LogP contribution in [-0.2, 0) is 4.79 Å². The molecule has 0 bridgehead atoms. The van der Waals surface area contributed by atoms with Gasteiger partial charge in [0.15, 0.2) is 5.76 Å². The lowest BCUT2D eigenvalue weighted by molar-refractivity contribution is -0.125. The van der Waals surface area contributed by atoms with Crippen molar-refractivity contribution in [2.75, 3.05) is 6.54 Å². The van der Waals surface area contributed by atoms with Crippen molar-refractivity contribution >= 4 is 11.8 Å². The van der Waals surface area contributed by atoms with Crippen molar-refractivity contribution in [2.24, 2.45) is 0 Å². The molecular formula is C19H22N2O3. The van der Waals surface area contributed by atoms with E-state index in [1.54, 1.807) is 17.0 Å². The molecule has 1 saturated heterocycles. The maximum Gasteiger partial charge on any atom is 0.290 e. The Morgan fingerprint density at radius 2 is 2.00 bits per heavy atom. The highest BCUT2D eigenvalue weighted by Gasteiger charge is 2.35. The van der Waals surface area contributed by atoms with Gasteiger partial charge in [-0.05, 0) is 44.4 Å². The minimum absolute atomic E-state index is 0.0979. The predicted octanol–water partition coefficient (Wildman–Crippen LogP) is 3.07. The second-order valence-electron chi connectivity index (χ2n) is 6.27. The number of carbonyl (C=O) groups is 2. The minimum Gasteiger partial charge on any atom is -0.459 e. The van der Waals surface area contributed by atoms with Crippen molar-refractivity contribution in [1.29, 1.82) is 0 Å². The van der Waals surface area contributed by atoms with Crippen molar-refractivity contribution in [2.45, 2.75) is 38.8 Å². The van der Waals surface area contributed by atoms with Crippen LogP contribution in [0.15, 0.2) is 47.1 Å². The standard InChI is InChI=1S/C19H22N2O3/c1-13-7-9-15(10-8-13)14(2)20-18(22)16-5-3-11-21(16)19(23)17-6-4-12-24-17/h4,6-10,12,14,16H,3,5,11H2,1-2H3,(H,20,22). The van der Waals surface area contributed by atoms with Gasteiger partial charge in [0.25, 0.3) is 5.91 Å². The molecule has 1 fully saturated rings. The lowest BCUT2D eigenvalue weighted by Crippen LogP contribution is -2.46. The van der Waals surface area contributed by atoms with E-state index < -0.39 is 6.04 Å². The van der Waals surface area contributed by atoms with Gasteiger partial charge in [0.2, 0.25) is 5.91 Å². The SMILES string of the molecule is Cc1ccc(C(C)NC(=O)C2CCCN2C(=O)c2ccco2)cc1. The van der Waals surface area contributed by atoms with Crippen molar-refractivity contribution in [1.82, 2.24) is 10.2 Å². The number of carbonyl (C=O) groups excluding carboxylic acids is 2. The van der Waals surface area contributed by atoms with Gasteiger partial charge in [0.1, 0.15) is 6.04 Å². The number of aryl methyl sites for hydroxylation is 1. The Balaban J connectivity index is 1.67. The molecule has 1 aromatic heterocycles. The Bertz CT molecular complexity index is 707. The van der Waals surface area contributed by atoms with E-state index in [0.29, 0.717) is 13.0 Å². The Morgan fingerprint density at radius 3 is 2.67 bits per heavy atom. The molecule has 2 amide bonds. The van der Waals surface area contributed by atoms with Crippen LogP contribution in [0.1, 0.15) is 47.5 Å². The molecule has 1 aromatic carbocycles. The molecule has 2 heterocycles. The molecule has 1 N–H and O–H groups in total. The van der Waals surface area contributed by atoms with Crippen LogP contribution in [0, 0.1) is 6.92 Å². The first-order valence-electron chi connectivity index (χ1n) is 8.27. The molecule has 2 unspecified atom stereocenters. The molecule has 0 aliphatic carbocycles. The van der Waals surface area contributed by atoms with Crippen molar-refractivity contribution in [3.8, 4) is 0 Å². The van der Waals surface area contributed by atoms with E-state index in [0.717, 1.165) is 12.0 Å². The van der Waals surface area contributed by atoms with Gasteiger partial charge in [-0.2, -0.15) is 0 Å². The number of likely N-dealkylation sites (tertiary alicyclic amines) is 1. The minimum atomic E-state index is -0.435. The fourth-order valence-corrected chi connectivity index (χ4v) is 3.07. The second kappa shape index (κ2) is 6.91. The average Bonchev–Trinajstić information content (AvgIpc) is 3.26. The van der Waals surface area contributed by atoms with Crippen LogP contribution in [0.3, 0.4) is 0 Å². The maximum absolute atomic E-state index is 12.6. The van der Waals surface area contributed by atoms with E-state index in [9.17, 15) is 9.59 Å². The molecule has 24 heavy (non-hydrogen) atoms. The van der Waals surface area contributed by atoms with Crippen molar-refractivity contribution < 1.29 is 14.0 Å². The Kier molecular flexibility index (Phi) is 4.69. The van der Waals surface area contributed by atoms with Gasteiger partial charge in [0.05, 0.1) is 12.3 Å². The first-order valence-corrected chi connectivity index (χ1v) is 8.27. The highest BCUT2D eigenvalue weighted by atomic mass is 16.3. The zero-order chi connectivity index (χ0) is 17.1. The third-order valence-corrected chi connectivity index (χ3v) is 4.48. The van der Waals surface area contributed by atoms with Crippen LogP contribution >= 0.6 is 0 Å². The van der Waals surface area contributed by atoms with Gasteiger partial charge in [-0.3, -0.25) is 9.59 Å². The van der Waals surface area contributed by atoms with Crippen LogP contribution < -0.4 is 5.32 Å². The molecule has 5 heteroatoms. The fraction of sp³-hybridized carbons (Fsp3) is 0.368. The molecule has 126 valence electrons. The van der Waals surface area contributed by atoms with E-state index in [1.807, 2.05) is 38.1 Å². The number of nitrogens with zero attached hydrogens (tertiary/aromatic N) is 1. The predicted molar refractivity (Wildman–Crippen MR) is 90.5 cm³/mol. The summed E-state index contributed by atoms with van der Waals surface area (Å²) < 4.78 is 5.17.